The Balaban J connectivity index is 1.15. The summed E-state index contributed by atoms with van der Waals surface area (Å²) >= 11 is 0. The highest BCUT2D eigenvalue weighted by molar-refractivity contribution is 6.21. The SMILES string of the molecule is CC1(C)c2ccccc2-c2ccc(-c3ccc(-c4c5ccccc5c(-c5ccc(-c6ccccc6)cc5)c5ccccc45)cn3)cc21. The number of hydrogen-bond donors (Lipinski definition) is 0. The molecule has 0 amide bonds. The van der Waals surface area contributed by atoms with E-state index in [1.165, 1.54) is 71.6 Å². The lowest BCUT2D eigenvalue weighted by Gasteiger charge is -2.22. The number of rotatable bonds is 4. The Morgan fingerprint density at radius 1 is 0.383 bits per heavy atom. The third-order valence-corrected chi connectivity index (χ3v) is 10.1. The normalized spacial score (nSPS) is 13.1. The van der Waals surface area contributed by atoms with Gasteiger partial charge < -0.3 is 0 Å². The van der Waals surface area contributed by atoms with Crippen LogP contribution in [0.3, 0.4) is 0 Å². The number of pyridine rings is 1. The van der Waals surface area contributed by atoms with Gasteiger partial charge in [-0.05, 0) is 83.7 Å². The molecule has 1 nitrogen and oxygen atoms in total. The zero-order valence-corrected chi connectivity index (χ0v) is 26.5. The molecule has 7 aromatic carbocycles. The third-order valence-electron chi connectivity index (χ3n) is 10.1. The van der Waals surface area contributed by atoms with Gasteiger partial charge in [0, 0.05) is 22.7 Å². The number of hydrogen-bond acceptors (Lipinski definition) is 1. The summed E-state index contributed by atoms with van der Waals surface area (Å²) in [4.78, 5) is 5.08. The molecule has 1 aromatic heterocycles. The molecule has 0 spiro atoms. The second-order valence-electron chi connectivity index (χ2n) is 13.1. The van der Waals surface area contributed by atoms with E-state index in [1.807, 2.05) is 0 Å². The minimum Gasteiger partial charge on any atom is -0.256 e. The van der Waals surface area contributed by atoms with Crippen LogP contribution in [-0.2, 0) is 5.41 Å². The topological polar surface area (TPSA) is 12.9 Å². The van der Waals surface area contributed by atoms with Crippen molar-refractivity contribution in [3.63, 3.8) is 0 Å². The number of fused-ring (bicyclic) bond motifs is 5. The molecule has 0 saturated carbocycles. The van der Waals surface area contributed by atoms with E-state index in [4.69, 9.17) is 4.98 Å². The van der Waals surface area contributed by atoms with Crippen LogP contribution >= 0.6 is 0 Å². The quantitative estimate of drug-likeness (QED) is 0.183. The summed E-state index contributed by atoms with van der Waals surface area (Å²) in [5.41, 5.74) is 14.8. The van der Waals surface area contributed by atoms with E-state index in [0.29, 0.717) is 0 Å². The molecule has 0 unspecified atom stereocenters. The van der Waals surface area contributed by atoms with E-state index >= 15 is 0 Å². The highest BCUT2D eigenvalue weighted by Crippen LogP contribution is 2.49. The Bertz CT molecular complexity index is 2390. The maximum absolute atomic E-state index is 5.08. The first-order valence-electron chi connectivity index (χ1n) is 16.4. The van der Waals surface area contributed by atoms with Crippen molar-refractivity contribution in [1.82, 2.24) is 4.98 Å². The Kier molecular flexibility index (Phi) is 6.23. The molecule has 0 saturated heterocycles. The number of nitrogens with zero attached hydrogens (tertiary/aromatic N) is 1. The van der Waals surface area contributed by atoms with E-state index in [9.17, 15) is 0 Å². The van der Waals surface area contributed by atoms with Crippen molar-refractivity contribution in [2.24, 2.45) is 0 Å². The first-order valence-corrected chi connectivity index (χ1v) is 16.4. The molecular weight excluding hydrogens is 567 g/mol. The maximum Gasteiger partial charge on any atom is 0.0702 e. The van der Waals surface area contributed by atoms with Crippen LogP contribution in [0.15, 0.2) is 164 Å². The molecular formula is C46H33N. The zero-order valence-electron chi connectivity index (χ0n) is 26.5. The molecule has 0 radical (unpaired) electrons. The molecule has 0 bridgehead atoms. The van der Waals surface area contributed by atoms with Gasteiger partial charge in [-0.3, -0.25) is 4.98 Å². The number of aromatic nitrogens is 1. The lowest BCUT2D eigenvalue weighted by atomic mass is 9.82. The minimum atomic E-state index is -0.0384. The summed E-state index contributed by atoms with van der Waals surface area (Å²) in [6.45, 7) is 4.66. The highest BCUT2D eigenvalue weighted by atomic mass is 14.7. The first kappa shape index (κ1) is 27.5. The van der Waals surface area contributed by atoms with Crippen molar-refractivity contribution in [2.45, 2.75) is 19.3 Å². The van der Waals surface area contributed by atoms with Gasteiger partial charge in [0.25, 0.3) is 0 Å². The van der Waals surface area contributed by atoms with Gasteiger partial charge in [0.1, 0.15) is 0 Å². The molecule has 0 N–H and O–H groups in total. The molecule has 8 aromatic rings. The molecule has 0 atom stereocenters. The van der Waals surface area contributed by atoms with E-state index < -0.39 is 0 Å². The van der Waals surface area contributed by atoms with Crippen molar-refractivity contribution >= 4 is 21.5 Å². The van der Waals surface area contributed by atoms with Crippen LogP contribution in [0.4, 0.5) is 0 Å². The van der Waals surface area contributed by atoms with E-state index in [2.05, 4.69) is 178 Å². The molecule has 0 fully saturated rings. The van der Waals surface area contributed by atoms with Gasteiger partial charge in [-0.25, -0.2) is 0 Å². The summed E-state index contributed by atoms with van der Waals surface area (Å²) in [6, 6.07) is 57.3. The standard InChI is InChI=1S/C46H33N/c1-46(2)41-19-11-10-14-35(41)36-26-24-33(28-42(36)46)43-27-25-34(29-47-43)45-39-17-8-6-15-37(39)44(38-16-7-9-18-40(38)45)32-22-20-31(21-23-32)30-12-4-3-5-13-30/h3-29H,1-2H3. The Morgan fingerprint density at radius 2 is 0.872 bits per heavy atom. The molecule has 1 aliphatic rings. The fourth-order valence-electron chi connectivity index (χ4n) is 7.79. The Morgan fingerprint density at radius 3 is 1.51 bits per heavy atom. The average molecular weight is 600 g/mol. The lowest BCUT2D eigenvalue weighted by molar-refractivity contribution is 0.660. The van der Waals surface area contributed by atoms with Crippen LogP contribution in [0.25, 0.3) is 77.3 Å². The van der Waals surface area contributed by atoms with Crippen molar-refractivity contribution in [3.05, 3.63) is 175 Å². The predicted octanol–water partition coefficient (Wildman–Crippen LogP) is 12.4. The Hall–Kier alpha value is -5.79. The molecule has 222 valence electrons. The van der Waals surface area contributed by atoms with Crippen LogP contribution < -0.4 is 0 Å². The summed E-state index contributed by atoms with van der Waals surface area (Å²) < 4.78 is 0. The van der Waals surface area contributed by atoms with E-state index in [0.717, 1.165) is 16.8 Å². The summed E-state index contributed by atoms with van der Waals surface area (Å²) in [6.07, 6.45) is 2.06. The Labute approximate surface area is 275 Å². The second-order valence-corrected chi connectivity index (χ2v) is 13.1. The van der Waals surface area contributed by atoms with Gasteiger partial charge in [-0.15, -0.1) is 0 Å². The predicted molar refractivity (Wildman–Crippen MR) is 199 cm³/mol. The largest absolute Gasteiger partial charge is 0.256 e. The van der Waals surface area contributed by atoms with E-state index in [-0.39, 0.29) is 5.41 Å². The lowest BCUT2D eigenvalue weighted by Crippen LogP contribution is -2.14. The van der Waals surface area contributed by atoms with Crippen LogP contribution in [0.5, 0.6) is 0 Å². The minimum absolute atomic E-state index is 0.0384. The van der Waals surface area contributed by atoms with Gasteiger partial charge in [0.15, 0.2) is 0 Å². The van der Waals surface area contributed by atoms with Crippen molar-refractivity contribution in [2.75, 3.05) is 0 Å². The van der Waals surface area contributed by atoms with Gasteiger partial charge in [-0.1, -0.05) is 159 Å². The fraction of sp³-hybridized carbons (Fsp3) is 0.0652. The van der Waals surface area contributed by atoms with Gasteiger partial charge in [0.05, 0.1) is 5.69 Å². The van der Waals surface area contributed by atoms with Crippen LogP contribution in [0.2, 0.25) is 0 Å². The maximum atomic E-state index is 5.08. The molecule has 9 rings (SSSR count). The van der Waals surface area contributed by atoms with E-state index in [1.54, 1.807) is 0 Å². The van der Waals surface area contributed by atoms with Crippen molar-refractivity contribution in [3.8, 4) is 55.8 Å². The molecule has 1 heterocycles. The van der Waals surface area contributed by atoms with Crippen molar-refractivity contribution < 1.29 is 0 Å². The summed E-state index contributed by atoms with van der Waals surface area (Å²) in [7, 11) is 0. The number of benzene rings is 7. The molecule has 1 heteroatoms. The first-order chi connectivity index (χ1) is 23.1. The van der Waals surface area contributed by atoms with Crippen molar-refractivity contribution in [1.29, 1.82) is 0 Å². The molecule has 1 aliphatic carbocycles. The molecule has 47 heavy (non-hydrogen) atoms. The highest BCUT2D eigenvalue weighted by Gasteiger charge is 2.35. The fourth-order valence-corrected chi connectivity index (χ4v) is 7.79. The summed E-state index contributed by atoms with van der Waals surface area (Å²) in [5, 5.41) is 4.97. The summed E-state index contributed by atoms with van der Waals surface area (Å²) in [5.74, 6) is 0. The van der Waals surface area contributed by atoms with Gasteiger partial charge in [0.2, 0.25) is 0 Å². The van der Waals surface area contributed by atoms with Gasteiger partial charge >= 0.3 is 0 Å². The smallest absolute Gasteiger partial charge is 0.0702 e. The second kappa shape index (κ2) is 10.6. The van der Waals surface area contributed by atoms with Crippen LogP contribution in [0, 0.1) is 0 Å². The van der Waals surface area contributed by atoms with Crippen LogP contribution in [0.1, 0.15) is 25.0 Å². The average Bonchev–Trinajstić information content (AvgIpc) is 3.36. The zero-order chi connectivity index (χ0) is 31.5. The van der Waals surface area contributed by atoms with Crippen LogP contribution in [-0.4, -0.2) is 4.98 Å². The van der Waals surface area contributed by atoms with Gasteiger partial charge in [-0.2, -0.15) is 0 Å². The monoisotopic (exact) mass is 599 g/mol. The third kappa shape index (κ3) is 4.35. The molecule has 0 aliphatic heterocycles.